The topological polar surface area (TPSA) is 52.5 Å². The molecule has 0 aliphatic heterocycles. The van der Waals surface area contributed by atoms with E-state index in [-0.39, 0.29) is 0 Å². The van der Waals surface area contributed by atoms with Crippen molar-refractivity contribution in [2.24, 2.45) is 0 Å². The Bertz CT molecular complexity index is 689. The molecule has 70 valence electrons. The maximum atomic E-state index is 8.91. The van der Waals surface area contributed by atoms with Gasteiger partial charge in [-0.3, -0.25) is 4.98 Å². The summed E-state index contributed by atoms with van der Waals surface area (Å²) in [5.74, 6) is 0. The van der Waals surface area contributed by atoms with Gasteiger partial charge in [-0.2, -0.15) is 5.26 Å². The van der Waals surface area contributed by atoms with E-state index in [1.807, 2.05) is 24.4 Å². The van der Waals surface area contributed by atoms with Gasteiger partial charge in [0, 0.05) is 34.9 Å². The molecule has 0 atom stereocenters. The van der Waals surface area contributed by atoms with Gasteiger partial charge >= 0.3 is 0 Å². The first-order chi connectivity index (χ1) is 7.38. The van der Waals surface area contributed by atoms with Crippen LogP contribution in [0.25, 0.3) is 21.7 Å². The molecule has 0 fully saturated rings. The van der Waals surface area contributed by atoms with Gasteiger partial charge in [0.15, 0.2) is 0 Å². The van der Waals surface area contributed by atoms with Crippen LogP contribution in [0.15, 0.2) is 36.8 Å². The summed E-state index contributed by atoms with van der Waals surface area (Å²) < 4.78 is 0. The van der Waals surface area contributed by atoms with Crippen LogP contribution in [0.2, 0.25) is 0 Å². The lowest BCUT2D eigenvalue weighted by molar-refractivity contribution is 1.36. The Morgan fingerprint density at radius 3 is 3.07 bits per heavy atom. The van der Waals surface area contributed by atoms with E-state index in [0.717, 1.165) is 21.7 Å². The summed E-state index contributed by atoms with van der Waals surface area (Å²) in [6.07, 6.45) is 5.31. The highest BCUT2D eigenvalue weighted by atomic mass is 14.7. The number of benzene rings is 1. The molecule has 3 aromatic rings. The molecular formula is C12H7N3. The molecule has 3 heteroatoms. The number of nitrogens with one attached hydrogen (secondary N) is 1. The van der Waals surface area contributed by atoms with Crippen molar-refractivity contribution in [1.29, 1.82) is 5.26 Å². The van der Waals surface area contributed by atoms with E-state index in [0.29, 0.717) is 5.56 Å². The number of hydrogen-bond donors (Lipinski definition) is 1. The number of hydrogen-bond acceptors (Lipinski definition) is 2. The molecular weight excluding hydrogens is 186 g/mol. The average Bonchev–Trinajstić information content (AvgIpc) is 2.68. The van der Waals surface area contributed by atoms with Crippen molar-refractivity contribution >= 4 is 21.7 Å². The van der Waals surface area contributed by atoms with Crippen molar-refractivity contribution in [2.45, 2.75) is 0 Å². The predicted octanol–water partition coefficient (Wildman–Crippen LogP) is 2.59. The highest BCUT2D eigenvalue weighted by Crippen LogP contribution is 2.23. The normalized spacial score (nSPS) is 10.6. The second kappa shape index (κ2) is 2.82. The lowest BCUT2D eigenvalue weighted by atomic mass is 10.1. The molecule has 2 heterocycles. The molecule has 0 aliphatic rings. The molecule has 0 aliphatic carbocycles. The van der Waals surface area contributed by atoms with Gasteiger partial charge in [0.05, 0.1) is 5.56 Å². The van der Waals surface area contributed by atoms with E-state index >= 15 is 0 Å². The van der Waals surface area contributed by atoms with E-state index in [4.69, 9.17) is 5.26 Å². The first kappa shape index (κ1) is 8.01. The summed E-state index contributed by atoms with van der Waals surface area (Å²) in [6, 6.07) is 8.14. The minimum atomic E-state index is 0.684. The van der Waals surface area contributed by atoms with Crippen LogP contribution < -0.4 is 0 Å². The minimum absolute atomic E-state index is 0.684. The molecule has 1 N–H and O–H groups in total. The fourth-order valence-corrected chi connectivity index (χ4v) is 1.80. The van der Waals surface area contributed by atoms with Crippen LogP contribution in [-0.4, -0.2) is 9.97 Å². The Hall–Kier alpha value is -2.34. The maximum Gasteiger partial charge on any atom is 0.101 e. The number of nitriles is 1. The van der Waals surface area contributed by atoms with Gasteiger partial charge in [0.2, 0.25) is 0 Å². The first-order valence-corrected chi connectivity index (χ1v) is 4.63. The summed E-state index contributed by atoms with van der Waals surface area (Å²) >= 11 is 0. The van der Waals surface area contributed by atoms with Crippen LogP contribution in [0, 0.1) is 11.3 Å². The Labute approximate surface area is 86.0 Å². The van der Waals surface area contributed by atoms with Gasteiger partial charge in [0.25, 0.3) is 0 Å². The monoisotopic (exact) mass is 193 g/mol. The standard InChI is InChI=1S/C12H7N3/c13-5-10-7-15-12-4-9-6-14-2-1-8(9)3-11(10)12/h1-4,6-7,15H. The minimum Gasteiger partial charge on any atom is -0.360 e. The smallest absolute Gasteiger partial charge is 0.101 e. The Kier molecular flexibility index (Phi) is 1.51. The third-order valence-corrected chi connectivity index (χ3v) is 2.56. The van der Waals surface area contributed by atoms with Crippen LogP contribution in [0.1, 0.15) is 5.56 Å². The molecule has 0 saturated heterocycles. The van der Waals surface area contributed by atoms with Crippen LogP contribution in [0.5, 0.6) is 0 Å². The number of aromatic nitrogens is 2. The van der Waals surface area contributed by atoms with Gasteiger partial charge in [-0.1, -0.05) is 0 Å². The molecule has 15 heavy (non-hydrogen) atoms. The molecule has 3 nitrogen and oxygen atoms in total. The van der Waals surface area contributed by atoms with Gasteiger partial charge in [0.1, 0.15) is 6.07 Å². The lowest BCUT2D eigenvalue weighted by Crippen LogP contribution is -1.76. The third kappa shape index (κ3) is 1.09. The molecule has 0 unspecified atom stereocenters. The molecule has 0 radical (unpaired) electrons. The Balaban J connectivity index is 2.51. The van der Waals surface area contributed by atoms with E-state index in [1.165, 1.54) is 0 Å². The molecule has 0 amide bonds. The summed E-state index contributed by atoms with van der Waals surface area (Å²) in [5.41, 5.74) is 1.66. The van der Waals surface area contributed by atoms with E-state index in [1.54, 1.807) is 12.4 Å². The number of pyridine rings is 1. The second-order valence-electron chi connectivity index (χ2n) is 3.43. The average molecular weight is 193 g/mol. The SMILES string of the molecule is N#Cc1c[nH]c2cc3cnccc3cc12. The fourth-order valence-electron chi connectivity index (χ4n) is 1.80. The van der Waals surface area contributed by atoms with Gasteiger partial charge < -0.3 is 4.98 Å². The zero-order chi connectivity index (χ0) is 10.3. The summed E-state index contributed by atoms with van der Waals surface area (Å²) in [5, 5.41) is 12.1. The summed E-state index contributed by atoms with van der Waals surface area (Å²) in [4.78, 5) is 7.15. The molecule has 0 spiro atoms. The molecule has 0 bridgehead atoms. The second-order valence-corrected chi connectivity index (χ2v) is 3.43. The third-order valence-electron chi connectivity index (χ3n) is 2.56. The van der Waals surface area contributed by atoms with Crippen molar-refractivity contribution in [1.82, 2.24) is 9.97 Å². The van der Waals surface area contributed by atoms with E-state index in [2.05, 4.69) is 16.0 Å². The Morgan fingerprint density at radius 2 is 2.20 bits per heavy atom. The Morgan fingerprint density at radius 1 is 1.27 bits per heavy atom. The van der Waals surface area contributed by atoms with Crippen molar-refractivity contribution < 1.29 is 0 Å². The lowest BCUT2D eigenvalue weighted by Gasteiger charge is -1.97. The number of fused-ring (bicyclic) bond motifs is 2. The zero-order valence-corrected chi connectivity index (χ0v) is 7.86. The highest BCUT2D eigenvalue weighted by Gasteiger charge is 2.03. The van der Waals surface area contributed by atoms with Gasteiger partial charge in [-0.15, -0.1) is 0 Å². The van der Waals surface area contributed by atoms with Gasteiger partial charge in [-0.05, 0) is 23.6 Å². The van der Waals surface area contributed by atoms with Crippen LogP contribution in [0.3, 0.4) is 0 Å². The van der Waals surface area contributed by atoms with Crippen molar-refractivity contribution in [3.05, 3.63) is 42.4 Å². The number of nitrogens with zero attached hydrogens (tertiary/aromatic N) is 2. The van der Waals surface area contributed by atoms with Crippen LogP contribution in [-0.2, 0) is 0 Å². The zero-order valence-electron chi connectivity index (χ0n) is 7.86. The van der Waals surface area contributed by atoms with E-state index < -0.39 is 0 Å². The fraction of sp³-hybridized carbons (Fsp3) is 0. The molecule has 0 saturated carbocycles. The molecule has 1 aromatic carbocycles. The maximum absolute atomic E-state index is 8.91. The van der Waals surface area contributed by atoms with Crippen LogP contribution >= 0.6 is 0 Å². The van der Waals surface area contributed by atoms with Crippen LogP contribution in [0.4, 0.5) is 0 Å². The van der Waals surface area contributed by atoms with Crippen molar-refractivity contribution in [3.63, 3.8) is 0 Å². The number of aromatic amines is 1. The summed E-state index contributed by atoms with van der Waals surface area (Å²) in [6.45, 7) is 0. The van der Waals surface area contributed by atoms with Crippen molar-refractivity contribution in [2.75, 3.05) is 0 Å². The largest absolute Gasteiger partial charge is 0.360 e. The highest BCUT2D eigenvalue weighted by molar-refractivity contribution is 5.98. The first-order valence-electron chi connectivity index (χ1n) is 4.63. The number of H-pyrrole nitrogens is 1. The van der Waals surface area contributed by atoms with Crippen molar-refractivity contribution in [3.8, 4) is 6.07 Å². The summed E-state index contributed by atoms with van der Waals surface area (Å²) in [7, 11) is 0. The quantitative estimate of drug-likeness (QED) is 0.596. The predicted molar refractivity (Wildman–Crippen MR) is 58.3 cm³/mol. The van der Waals surface area contributed by atoms with E-state index in [9.17, 15) is 0 Å². The molecule has 2 aromatic heterocycles. The number of rotatable bonds is 0. The van der Waals surface area contributed by atoms with Gasteiger partial charge in [-0.25, -0.2) is 0 Å². The molecule has 3 rings (SSSR count).